The second kappa shape index (κ2) is 6.82. The van der Waals surface area contributed by atoms with E-state index in [1.165, 1.54) is 12.1 Å². The maximum Gasteiger partial charge on any atom is 0.179 e. The van der Waals surface area contributed by atoms with E-state index >= 15 is 0 Å². The summed E-state index contributed by atoms with van der Waals surface area (Å²) in [6.07, 6.45) is -0.00794. The maximum absolute atomic E-state index is 13.9. The molecule has 1 aliphatic carbocycles. The van der Waals surface area contributed by atoms with E-state index in [2.05, 4.69) is 0 Å². The Bertz CT molecular complexity index is 921. The molecule has 0 radical (unpaired) electrons. The second-order valence-electron chi connectivity index (χ2n) is 7.08. The van der Waals surface area contributed by atoms with Crippen LogP contribution in [0, 0.1) is 11.7 Å². The summed E-state index contributed by atoms with van der Waals surface area (Å²) >= 11 is 5.77. The fourth-order valence-electron chi connectivity index (χ4n) is 4.04. The molecule has 2 aromatic carbocycles. The Morgan fingerprint density at radius 2 is 1.85 bits per heavy atom. The Labute approximate surface area is 161 Å². The molecule has 4 rings (SSSR count). The topological polar surface area (TPSA) is 46.6 Å². The van der Waals surface area contributed by atoms with Crippen LogP contribution in [0.25, 0.3) is 11.1 Å². The van der Waals surface area contributed by atoms with Gasteiger partial charge in [-0.15, -0.1) is 0 Å². The number of Topliss-reactive ketones (excluding diaryl/α,β-unsaturated/α-hetero) is 2. The number of carbonyl (C=O) groups is 2. The number of ketones is 2. The van der Waals surface area contributed by atoms with Gasteiger partial charge in [0.05, 0.1) is 10.9 Å². The Balaban J connectivity index is 1.77. The van der Waals surface area contributed by atoms with Crippen molar-refractivity contribution in [1.29, 1.82) is 0 Å². The zero-order valence-corrected chi connectivity index (χ0v) is 15.8. The fraction of sp³-hybridized carbons (Fsp3) is 0.333. The van der Waals surface area contributed by atoms with Crippen LogP contribution in [0.4, 0.5) is 4.39 Å². The summed E-state index contributed by atoms with van der Waals surface area (Å²) in [7, 11) is 1.72. The quantitative estimate of drug-likeness (QED) is 0.751. The van der Waals surface area contributed by atoms with E-state index in [4.69, 9.17) is 16.4 Å². The third-order valence-corrected chi connectivity index (χ3v) is 5.72. The standard InChI is InChI=1S/C21H19ClFNO3/c1-3-11-4-5-12(13-6-7-16(22)17(23)9-13)8-14(11)18-19(25)15-10-24(2)27-21(15)20(18)26/h4-9,15,18,21H,3,10H2,1-2H3/t15-,18?,21-/m1/s1. The van der Waals surface area contributed by atoms with Crippen LogP contribution in [0.3, 0.4) is 0 Å². The van der Waals surface area contributed by atoms with Crippen LogP contribution in [0.1, 0.15) is 24.0 Å². The molecule has 0 aromatic heterocycles. The predicted octanol–water partition coefficient (Wildman–Crippen LogP) is 3.81. The number of halogens is 2. The van der Waals surface area contributed by atoms with E-state index in [9.17, 15) is 14.0 Å². The van der Waals surface area contributed by atoms with E-state index < -0.39 is 23.8 Å². The van der Waals surface area contributed by atoms with E-state index in [0.29, 0.717) is 24.1 Å². The lowest BCUT2D eigenvalue weighted by Gasteiger charge is -2.17. The fourth-order valence-corrected chi connectivity index (χ4v) is 4.16. The molecule has 2 aromatic rings. The van der Waals surface area contributed by atoms with E-state index in [-0.39, 0.29) is 16.6 Å². The number of carbonyl (C=O) groups excluding carboxylic acids is 2. The third kappa shape index (κ3) is 3.00. The molecule has 0 spiro atoms. The van der Waals surface area contributed by atoms with Crippen LogP contribution in [0.2, 0.25) is 5.02 Å². The molecule has 140 valence electrons. The van der Waals surface area contributed by atoms with Gasteiger partial charge >= 0.3 is 0 Å². The van der Waals surface area contributed by atoms with E-state index in [0.717, 1.165) is 11.1 Å². The Morgan fingerprint density at radius 1 is 1.15 bits per heavy atom. The van der Waals surface area contributed by atoms with Gasteiger partial charge in [0.1, 0.15) is 17.8 Å². The van der Waals surface area contributed by atoms with Gasteiger partial charge in [0, 0.05) is 13.6 Å². The average molecular weight is 388 g/mol. The molecular weight excluding hydrogens is 369 g/mol. The number of hydroxylamine groups is 2. The van der Waals surface area contributed by atoms with E-state index in [1.54, 1.807) is 18.2 Å². The van der Waals surface area contributed by atoms with Crippen LogP contribution in [-0.2, 0) is 20.8 Å². The number of nitrogens with zero attached hydrogens (tertiary/aromatic N) is 1. The first-order valence-corrected chi connectivity index (χ1v) is 9.32. The first-order chi connectivity index (χ1) is 12.9. The molecule has 0 bridgehead atoms. The van der Waals surface area contributed by atoms with Crippen molar-refractivity contribution in [3.63, 3.8) is 0 Å². The van der Waals surface area contributed by atoms with Crippen molar-refractivity contribution in [2.75, 3.05) is 13.6 Å². The molecule has 2 fully saturated rings. The van der Waals surface area contributed by atoms with Gasteiger partial charge in [0.25, 0.3) is 0 Å². The van der Waals surface area contributed by atoms with Gasteiger partial charge in [0.15, 0.2) is 11.6 Å². The van der Waals surface area contributed by atoms with Crippen LogP contribution in [-0.4, -0.2) is 36.3 Å². The third-order valence-electron chi connectivity index (χ3n) is 5.42. The molecule has 3 atom stereocenters. The first kappa shape index (κ1) is 18.3. The second-order valence-corrected chi connectivity index (χ2v) is 7.48. The van der Waals surface area contributed by atoms with Crippen molar-refractivity contribution in [2.45, 2.75) is 25.4 Å². The summed E-state index contributed by atoms with van der Waals surface area (Å²) in [5.74, 6) is -2.03. The smallest absolute Gasteiger partial charge is 0.179 e. The van der Waals surface area contributed by atoms with Crippen LogP contribution >= 0.6 is 11.6 Å². The van der Waals surface area contributed by atoms with Crippen LogP contribution in [0.5, 0.6) is 0 Å². The van der Waals surface area contributed by atoms with Crippen molar-refractivity contribution in [2.24, 2.45) is 5.92 Å². The Hall–Kier alpha value is -2.08. The lowest BCUT2D eigenvalue weighted by Crippen LogP contribution is -2.25. The van der Waals surface area contributed by atoms with Crippen molar-refractivity contribution in [3.8, 4) is 11.1 Å². The first-order valence-electron chi connectivity index (χ1n) is 8.94. The summed E-state index contributed by atoms with van der Waals surface area (Å²) in [6, 6.07) is 10.2. The number of benzene rings is 2. The monoisotopic (exact) mass is 387 g/mol. The largest absolute Gasteiger partial charge is 0.298 e. The highest BCUT2D eigenvalue weighted by molar-refractivity contribution is 6.30. The number of aryl methyl sites for hydroxylation is 1. The highest BCUT2D eigenvalue weighted by Gasteiger charge is 2.55. The van der Waals surface area contributed by atoms with Gasteiger partial charge in [-0.25, -0.2) is 4.39 Å². The van der Waals surface area contributed by atoms with Crippen molar-refractivity contribution < 1.29 is 18.8 Å². The maximum atomic E-state index is 13.9. The molecule has 27 heavy (non-hydrogen) atoms. The van der Waals surface area contributed by atoms with Gasteiger partial charge in [-0.1, -0.05) is 36.7 Å². The van der Waals surface area contributed by atoms with Crippen molar-refractivity contribution in [3.05, 3.63) is 58.4 Å². The minimum atomic E-state index is -0.819. The zero-order chi connectivity index (χ0) is 19.3. The lowest BCUT2D eigenvalue weighted by atomic mass is 9.87. The minimum Gasteiger partial charge on any atom is -0.298 e. The van der Waals surface area contributed by atoms with Gasteiger partial charge in [-0.05, 0) is 46.9 Å². The Kier molecular flexibility index (Phi) is 4.62. The molecule has 1 heterocycles. The van der Waals surface area contributed by atoms with E-state index in [1.807, 2.05) is 25.1 Å². The molecule has 1 unspecified atom stereocenters. The van der Waals surface area contributed by atoms with Gasteiger partial charge < -0.3 is 0 Å². The molecule has 0 N–H and O–H groups in total. The normalized spacial score (nSPS) is 25.3. The number of hydrogen-bond donors (Lipinski definition) is 0. The molecule has 4 nitrogen and oxygen atoms in total. The number of rotatable bonds is 3. The predicted molar refractivity (Wildman–Crippen MR) is 100.0 cm³/mol. The summed E-state index contributed by atoms with van der Waals surface area (Å²) in [5.41, 5.74) is 3.03. The van der Waals surface area contributed by atoms with Crippen LogP contribution < -0.4 is 0 Å². The van der Waals surface area contributed by atoms with Gasteiger partial charge in [-0.2, -0.15) is 5.06 Å². The molecule has 1 saturated heterocycles. The Morgan fingerprint density at radius 3 is 2.52 bits per heavy atom. The van der Waals surface area contributed by atoms with Gasteiger partial charge in [0.2, 0.25) is 0 Å². The molecule has 6 heteroatoms. The highest BCUT2D eigenvalue weighted by Crippen LogP contribution is 2.40. The molecular formula is C21H19ClFNO3. The van der Waals surface area contributed by atoms with Crippen molar-refractivity contribution in [1.82, 2.24) is 5.06 Å². The molecule has 1 aliphatic heterocycles. The summed E-state index contributed by atoms with van der Waals surface area (Å²) in [6.45, 7) is 2.41. The molecule has 0 amide bonds. The summed E-state index contributed by atoms with van der Waals surface area (Å²) in [4.78, 5) is 31.4. The SMILES string of the molecule is CCc1ccc(-c2ccc(Cl)c(F)c2)cc1C1C(=O)[C@H]2CN(C)O[C@H]2C1=O. The minimum absolute atomic E-state index is 0.0550. The highest BCUT2D eigenvalue weighted by atomic mass is 35.5. The number of fused-ring (bicyclic) bond motifs is 1. The van der Waals surface area contributed by atoms with Gasteiger partial charge in [-0.3, -0.25) is 14.4 Å². The lowest BCUT2D eigenvalue weighted by molar-refractivity contribution is -0.154. The zero-order valence-electron chi connectivity index (χ0n) is 15.0. The summed E-state index contributed by atoms with van der Waals surface area (Å²) < 4.78 is 13.9. The average Bonchev–Trinajstić information content (AvgIpc) is 3.14. The summed E-state index contributed by atoms with van der Waals surface area (Å²) in [5, 5.41) is 1.61. The molecule has 1 saturated carbocycles. The van der Waals surface area contributed by atoms with Crippen molar-refractivity contribution >= 4 is 23.2 Å². The molecule has 2 aliphatic rings. The van der Waals surface area contributed by atoms with Crippen LogP contribution in [0.15, 0.2) is 36.4 Å². The number of hydrogen-bond acceptors (Lipinski definition) is 4.